The highest BCUT2D eigenvalue weighted by Crippen LogP contribution is 2.36. The molecule has 2 aromatic heterocycles. The molecule has 0 fully saturated rings. The van der Waals surface area contributed by atoms with Crippen LogP contribution in [0.15, 0.2) is 0 Å². The highest BCUT2D eigenvalue weighted by molar-refractivity contribution is 7.15. The van der Waals surface area contributed by atoms with E-state index >= 15 is 0 Å². The van der Waals surface area contributed by atoms with E-state index in [0.29, 0.717) is 36.3 Å². The second-order valence-corrected chi connectivity index (χ2v) is 6.04. The summed E-state index contributed by atoms with van der Waals surface area (Å²) in [5.41, 5.74) is 7.30. The Bertz CT molecular complexity index is 707. The predicted octanol–water partition coefficient (Wildman–Crippen LogP) is 1.72. The van der Waals surface area contributed by atoms with E-state index in [0.717, 1.165) is 17.0 Å². The van der Waals surface area contributed by atoms with E-state index in [1.165, 1.54) is 11.3 Å². The molecule has 0 bridgehead atoms. The van der Waals surface area contributed by atoms with Crippen LogP contribution in [0.2, 0.25) is 0 Å². The van der Waals surface area contributed by atoms with Gasteiger partial charge in [-0.05, 0) is 13.8 Å². The third-order valence-electron chi connectivity index (χ3n) is 3.60. The van der Waals surface area contributed by atoms with Crippen molar-refractivity contribution in [2.75, 3.05) is 17.2 Å². The second kappa shape index (κ2) is 4.99. The second-order valence-electron chi connectivity index (χ2n) is 4.92. The minimum atomic E-state index is -0.347. The zero-order chi connectivity index (χ0) is 15.1. The number of rotatable bonds is 3. The van der Waals surface area contributed by atoms with Gasteiger partial charge in [0.05, 0.1) is 17.2 Å². The molecule has 0 aromatic carbocycles. The number of fused-ring (bicyclic) bond motifs is 1. The summed E-state index contributed by atoms with van der Waals surface area (Å²) >= 11 is 1.45. The van der Waals surface area contributed by atoms with Gasteiger partial charge >= 0.3 is 5.69 Å². The predicted molar refractivity (Wildman–Crippen MR) is 80.6 cm³/mol. The van der Waals surface area contributed by atoms with Crippen LogP contribution in [0.1, 0.15) is 23.2 Å². The third kappa shape index (κ3) is 2.23. The number of nitrogens with zero attached hydrogens (tertiary/aromatic N) is 5. The number of anilines is 2. The quantitative estimate of drug-likeness (QED) is 0.684. The molecule has 8 nitrogen and oxygen atoms in total. The smallest absolute Gasteiger partial charge is 0.333 e. The standard InChI is InChI=1S/C12H16N6O2S/c1-3-17-11(10(18(19)20)7(2)15-17)16-5-4-8-9(6-16)21-12(13)14-8/h3-6H2,1-2H3,(H2,13,14). The fraction of sp³-hybridized carbons (Fsp3) is 0.500. The summed E-state index contributed by atoms with van der Waals surface area (Å²) in [5.74, 6) is 0.581. The first-order valence-electron chi connectivity index (χ1n) is 6.72. The summed E-state index contributed by atoms with van der Waals surface area (Å²) in [7, 11) is 0. The Morgan fingerprint density at radius 2 is 2.29 bits per heavy atom. The van der Waals surface area contributed by atoms with Crippen LogP contribution in [0, 0.1) is 17.0 Å². The van der Waals surface area contributed by atoms with E-state index in [-0.39, 0.29) is 10.6 Å². The van der Waals surface area contributed by atoms with Gasteiger partial charge in [0.25, 0.3) is 0 Å². The lowest BCUT2D eigenvalue weighted by Crippen LogP contribution is -2.32. The minimum Gasteiger partial charge on any atom is -0.375 e. The van der Waals surface area contributed by atoms with Crippen molar-refractivity contribution in [1.29, 1.82) is 0 Å². The number of hydrogen-bond acceptors (Lipinski definition) is 7. The van der Waals surface area contributed by atoms with Gasteiger partial charge in [-0.2, -0.15) is 5.10 Å². The summed E-state index contributed by atoms with van der Waals surface area (Å²) in [6.45, 7) is 5.48. The minimum absolute atomic E-state index is 0.0952. The van der Waals surface area contributed by atoms with Gasteiger partial charge in [-0.1, -0.05) is 0 Å². The maximum Gasteiger partial charge on any atom is 0.333 e. The van der Waals surface area contributed by atoms with E-state index < -0.39 is 0 Å². The summed E-state index contributed by atoms with van der Waals surface area (Å²) in [6.07, 6.45) is 0.744. The van der Waals surface area contributed by atoms with Gasteiger partial charge < -0.3 is 10.6 Å². The average Bonchev–Trinajstić information content (AvgIpc) is 2.96. The van der Waals surface area contributed by atoms with Gasteiger partial charge in [-0.3, -0.25) is 10.1 Å². The molecule has 9 heteroatoms. The van der Waals surface area contributed by atoms with Gasteiger partial charge in [-0.25, -0.2) is 9.67 Å². The summed E-state index contributed by atoms with van der Waals surface area (Å²) < 4.78 is 1.70. The van der Waals surface area contributed by atoms with Crippen molar-refractivity contribution in [2.45, 2.75) is 33.4 Å². The summed E-state index contributed by atoms with van der Waals surface area (Å²) in [5, 5.41) is 16.2. The number of thiazole rings is 1. The number of nitrogen functional groups attached to an aromatic ring is 1. The molecule has 0 radical (unpaired) electrons. The zero-order valence-corrected chi connectivity index (χ0v) is 12.7. The van der Waals surface area contributed by atoms with Crippen molar-refractivity contribution in [3.63, 3.8) is 0 Å². The maximum atomic E-state index is 11.4. The average molecular weight is 308 g/mol. The molecule has 1 aliphatic heterocycles. The Morgan fingerprint density at radius 3 is 2.95 bits per heavy atom. The summed E-state index contributed by atoms with van der Waals surface area (Å²) in [6, 6.07) is 0. The number of hydrogen-bond donors (Lipinski definition) is 1. The van der Waals surface area contributed by atoms with E-state index in [1.54, 1.807) is 11.6 Å². The molecular weight excluding hydrogens is 292 g/mol. The lowest BCUT2D eigenvalue weighted by atomic mass is 10.1. The number of nitrogens with two attached hydrogens (primary N) is 1. The molecule has 3 heterocycles. The third-order valence-corrected chi connectivity index (χ3v) is 4.51. The van der Waals surface area contributed by atoms with E-state index in [2.05, 4.69) is 10.1 Å². The molecule has 112 valence electrons. The van der Waals surface area contributed by atoms with Crippen molar-refractivity contribution >= 4 is 28.0 Å². The van der Waals surface area contributed by atoms with Crippen LogP contribution >= 0.6 is 11.3 Å². The highest BCUT2D eigenvalue weighted by Gasteiger charge is 2.32. The Hall–Kier alpha value is -2.16. The van der Waals surface area contributed by atoms with Crippen molar-refractivity contribution in [2.24, 2.45) is 0 Å². The van der Waals surface area contributed by atoms with E-state index in [1.807, 2.05) is 11.8 Å². The first-order valence-corrected chi connectivity index (χ1v) is 7.53. The molecule has 0 saturated heterocycles. The van der Waals surface area contributed by atoms with Crippen LogP contribution in [0.5, 0.6) is 0 Å². The molecule has 0 unspecified atom stereocenters. The van der Waals surface area contributed by atoms with Crippen molar-refractivity contribution in [3.8, 4) is 0 Å². The maximum absolute atomic E-state index is 11.4. The molecule has 0 atom stereocenters. The normalized spacial score (nSPS) is 14.3. The van der Waals surface area contributed by atoms with Crippen LogP contribution in [-0.4, -0.2) is 26.2 Å². The number of aryl methyl sites for hydroxylation is 2. The van der Waals surface area contributed by atoms with E-state index in [4.69, 9.17) is 5.73 Å². The molecule has 0 amide bonds. The van der Waals surface area contributed by atoms with E-state index in [9.17, 15) is 10.1 Å². The Kier molecular flexibility index (Phi) is 3.28. The number of nitro groups is 1. The topological polar surface area (TPSA) is 103 Å². The van der Waals surface area contributed by atoms with Gasteiger partial charge in [0.1, 0.15) is 5.69 Å². The van der Waals surface area contributed by atoms with Gasteiger partial charge in [0.15, 0.2) is 5.13 Å². The molecule has 0 aliphatic carbocycles. The van der Waals surface area contributed by atoms with Crippen LogP contribution in [-0.2, 0) is 19.5 Å². The van der Waals surface area contributed by atoms with Gasteiger partial charge in [0.2, 0.25) is 5.82 Å². The molecule has 0 spiro atoms. The lowest BCUT2D eigenvalue weighted by molar-refractivity contribution is -0.384. The van der Waals surface area contributed by atoms with Crippen LogP contribution in [0.4, 0.5) is 16.6 Å². The first kappa shape index (κ1) is 13.8. The number of aromatic nitrogens is 3. The fourth-order valence-corrected chi connectivity index (χ4v) is 3.60. The Morgan fingerprint density at radius 1 is 1.52 bits per heavy atom. The van der Waals surface area contributed by atoms with Gasteiger partial charge in [-0.15, -0.1) is 11.3 Å². The Labute approximate surface area is 125 Å². The largest absolute Gasteiger partial charge is 0.375 e. The molecule has 0 saturated carbocycles. The van der Waals surface area contributed by atoms with Crippen LogP contribution < -0.4 is 10.6 Å². The molecule has 21 heavy (non-hydrogen) atoms. The lowest BCUT2D eigenvalue weighted by Gasteiger charge is -2.27. The zero-order valence-electron chi connectivity index (χ0n) is 11.9. The monoisotopic (exact) mass is 308 g/mol. The van der Waals surface area contributed by atoms with Crippen molar-refractivity contribution in [3.05, 3.63) is 26.4 Å². The Balaban J connectivity index is 2.03. The first-order chi connectivity index (χ1) is 10.0. The molecular formula is C12H16N6O2S. The SMILES string of the molecule is CCn1nc(C)c([N+](=O)[O-])c1N1CCc2nc(N)sc2C1. The fourth-order valence-electron chi connectivity index (χ4n) is 2.70. The van der Waals surface area contributed by atoms with Crippen LogP contribution in [0.3, 0.4) is 0 Å². The molecule has 1 aliphatic rings. The van der Waals surface area contributed by atoms with Crippen molar-refractivity contribution < 1.29 is 4.92 Å². The molecule has 3 rings (SSSR count). The highest BCUT2D eigenvalue weighted by atomic mass is 32.1. The molecule has 2 aromatic rings. The molecule has 2 N–H and O–H groups in total. The van der Waals surface area contributed by atoms with Gasteiger partial charge in [0, 0.05) is 24.4 Å². The van der Waals surface area contributed by atoms with Crippen LogP contribution in [0.25, 0.3) is 0 Å². The summed E-state index contributed by atoms with van der Waals surface area (Å²) in [4.78, 5) is 18.4. The van der Waals surface area contributed by atoms with Crippen molar-refractivity contribution in [1.82, 2.24) is 14.8 Å².